The van der Waals surface area contributed by atoms with E-state index < -0.39 is 0 Å². The van der Waals surface area contributed by atoms with Crippen LogP contribution in [0.4, 0.5) is 0 Å². The molecular formula is C19H31N2O2+. The van der Waals surface area contributed by atoms with Gasteiger partial charge in [0.25, 0.3) is 0 Å². The van der Waals surface area contributed by atoms with Gasteiger partial charge in [-0.3, -0.25) is 4.90 Å². The lowest BCUT2D eigenvalue weighted by Gasteiger charge is -2.50. The van der Waals surface area contributed by atoms with Crippen molar-refractivity contribution in [3.8, 4) is 0 Å². The van der Waals surface area contributed by atoms with Gasteiger partial charge in [0.05, 0.1) is 19.7 Å². The topological polar surface area (TPSA) is 32.7 Å². The molecule has 2 aliphatic heterocycles. The number of aliphatic hydroxyl groups is 1. The first-order valence-corrected chi connectivity index (χ1v) is 9.00. The average Bonchev–Trinajstić information content (AvgIpc) is 2.54. The smallest absolute Gasteiger partial charge is 0.105 e. The summed E-state index contributed by atoms with van der Waals surface area (Å²) in [6, 6.07) is 8.36. The van der Waals surface area contributed by atoms with Crippen molar-refractivity contribution in [1.82, 2.24) is 4.90 Å². The Morgan fingerprint density at radius 2 is 1.61 bits per heavy atom. The van der Waals surface area contributed by atoms with Crippen LogP contribution in [0.15, 0.2) is 24.3 Å². The summed E-state index contributed by atoms with van der Waals surface area (Å²) in [6.07, 6.45) is 1.90. The third kappa shape index (κ3) is 4.32. The molecule has 2 saturated heterocycles. The summed E-state index contributed by atoms with van der Waals surface area (Å²) in [5.74, 6) is 0. The van der Waals surface area contributed by atoms with E-state index in [1.165, 1.54) is 49.3 Å². The molecule has 0 aromatic heterocycles. The quantitative estimate of drug-likeness (QED) is 0.857. The van der Waals surface area contributed by atoms with Gasteiger partial charge in [0, 0.05) is 19.6 Å². The predicted molar refractivity (Wildman–Crippen MR) is 92.2 cm³/mol. The lowest BCUT2D eigenvalue weighted by molar-refractivity contribution is -0.945. The molecule has 2 heterocycles. The second kappa shape index (κ2) is 7.31. The van der Waals surface area contributed by atoms with E-state index in [0.717, 1.165) is 18.5 Å². The maximum absolute atomic E-state index is 9.10. The number of nitrogens with zero attached hydrogens (tertiary/aromatic N) is 2. The molecule has 2 fully saturated rings. The van der Waals surface area contributed by atoms with Crippen LogP contribution in [0.5, 0.6) is 0 Å². The minimum atomic E-state index is 0.132. The molecule has 3 rings (SSSR count). The Balaban J connectivity index is 1.47. The normalized spacial score (nSPS) is 28.1. The largest absolute Gasteiger partial charge is 0.392 e. The first-order valence-electron chi connectivity index (χ1n) is 9.00. The fraction of sp³-hybridized carbons (Fsp3) is 0.684. The first-order chi connectivity index (χ1) is 11.1. The van der Waals surface area contributed by atoms with Crippen LogP contribution >= 0.6 is 0 Å². The maximum atomic E-state index is 9.10. The highest BCUT2D eigenvalue weighted by atomic mass is 16.5. The zero-order valence-corrected chi connectivity index (χ0v) is 14.6. The number of quaternary nitrogens is 1. The van der Waals surface area contributed by atoms with Gasteiger partial charge in [-0.25, -0.2) is 0 Å². The van der Waals surface area contributed by atoms with Gasteiger partial charge in [-0.2, -0.15) is 0 Å². The molecule has 128 valence electrons. The molecule has 1 N–H and O–H groups in total. The van der Waals surface area contributed by atoms with Crippen molar-refractivity contribution in [3.05, 3.63) is 35.4 Å². The maximum Gasteiger partial charge on any atom is 0.105 e. The molecule has 0 radical (unpaired) electrons. The summed E-state index contributed by atoms with van der Waals surface area (Å²) in [4.78, 5) is 2.61. The Morgan fingerprint density at radius 3 is 2.17 bits per heavy atom. The van der Waals surface area contributed by atoms with Gasteiger partial charge in [-0.1, -0.05) is 24.3 Å². The van der Waals surface area contributed by atoms with E-state index in [-0.39, 0.29) is 6.61 Å². The van der Waals surface area contributed by atoms with Crippen molar-refractivity contribution in [3.63, 3.8) is 0 Å². The number of benzene rings is 1. The van der Waals surface area contributed by atoms with Crippen LogP contribution in [0.1, 0.15) is 25.0 Å². The molecule has 0 amide bonds. The zero-order valence-electron chi connectivity index (χ0n) is 14.6. The SMILES string of the molecule is CC1C[N+]2(CCN(CCc3ccc(CO)cc3)CC2)CC(C)O1. The monoisotopic (exact) mass is 319 g/mol. The van der Waals surface area contributed by atoms with Crippen LogP contribution in [0.2, 0.25) is 0 Å². The van der Waals surface area contributed by atoms with Crippen molar-refractivity contribution in [2.24, 2.45) is 0 Å². The van der Waals surface area contributed by atoms with Gasteiger partial charge in [0.2, 0.25) is 0 Å². The van der Waals surface area contributed by atoms with Crippen molar-refractivity contribution in [2.75, 3.05) is 45.8 Å². The number of aliphatic hydroxyl groups excluding tert-OH is 1. The third-order valence-corrected chi connectivity index (χ3v) is 5.46. The average molecular weight is 319 g/mol. The molecule has 2 atom stereocenters. The molecule has 1 aromatic carbocycles. The fourth-order valence-electron chi connectivity index (χ4n) is 4.27. The van der Waals surface area contributed by atoms with Gasteiger partial charge in [0.15, 0.2) is 0 Å². The van der Waals surface area contributed by atoms with Crippen LogP contribution in [0.3, 0.4) is 0 Å². The molecule has 1 aromatic rings. The van der Waals surface area contributed by atoms with Crippen LogP contribution in [-0.4, -0.2) is 72.5 Å². The summed E-state index contributed by atoms with van der Waals surface area (Å²) in [5.41, 5.74) is 2.36. The zero-order chi connectivity index (χ0) is 16.3. The van der Waals surface area contributed by atoms with E-state index in [2.05, 4.69) is 30.9 Å². The predicted octanol–water partition coefficient (Wildman–Crippen LogP) is 1.66. The van der Waals surface area contributed by atoms with Crippen LogP contribution in [-0.2, 0) is 17.8 Å². The highest BCUT2D eigenvalue weighted by Crippen LogP contribution is 2.22. The summed E-state index contributed by atoms with van der Waals surface area (Å²) in [7, 11) is 0. The molecule has 0 aliphatic carbocycles. The number of hydrogen-bond donors (Lipinski definition) is 1. The summed E-state index contributed by atoms with van der Waals surface area (Å²) in [6.45, 7) is 13.0. The Kier molecular flexibility index (Phi) is 5.37. The molecular weight excluding hydrogens is 288 g/mol. The molecule has 2 aliphatic rings. The van der Waals surface area contributed by atoms with E-state index in [1.54, 1.807) is 0 Å². The lowest BCUT2D eigenvalue weighted by Crippen LogP contribution is -2.66. The van der Waals surface area contributed by atoms with E-state index in [0.29, 0.717) is 12.2 Å². The van der Waals surface area contributed by atoms with Crippen LogP contribution < -0.4 is 0 Å². The van der Waals surface area contributed by atoms with Crippen molar-refractivity contribution >= 4 is 0 Å². The Morgan fingerprint density at radius 1 is 1.04 bits per heavy atom. The Labute approximate surface area is 140 Å². The molecule has 1 spiro atoms. The Hall–Kier alpha value is -0.940. The molecule has 4 heteroatoms. The molecule has 2 unspecified atom stereocenters. The van der Waals surface area contributed by atoms with E-state index >= 15 is 0 Å². The van der Waals surface area contributed by atoms with E-state index in [1.807, 2.05) is 12.1 Å². The molecule has 23 heavy (non-hydrogen) atoms. The van der Waals surface area contributed by atoms with Gasteiger partial charge >= 0.3 is 0 Å². The minimum Gasteiger partial charge on any atom is -0.392 e. The van der Waals surface area contributed by atoms with Crippen molar-refractivity contribution in [1.29, 1.82) is 0 Å². The second-order valence-electron chi connectivity index (χ2n) is 7.48. The van der Waals surface area contributed by atoms with Gasteiger partial charge in [0.1, 0.15) is 25.3 Å². The number of hydrogen-bond acceptors (Lipinski definition) is 3. The van der Waals surface area contributed by atoms with Crippen molar-refractivity contribution in [2.45, 2.75) is 39.1 Å². The van der Waals surface area contributed by atoms with E-state index in [4.69, 9.17) is 9.84 Å². The summed E-state index contributed by atoms with van der Waals surface area (Å²) in [5, 5.41) is 9.10. The lowest BCUT2D eigenvalue weighted by atomic mass is 10.1. The number of piperazine rings is 1. The highest BCUT2D eigenvalue weighted by Gasteiger charge is 2.39. The molecule has 4 nitrogen and oxygen atoms in total. The fourth-order valence-corrected chi connectivity index (χ4v) is 4.27. The second-order valence-corrected chi connectivity index (χ2v) is 7.48. The van der Waals surface area contributed by atoms with Gasteiger partial charge in [-0.05, 0) is 31.4 Å². The molecule has 0 saturated carbocycles. The van der Waals surface area contributed by atoms with Crippen LogP contribution in [0.25, 0.3) is 0 Å². The first kappa shape index (κ1) is 16.9. The van der Waals surface area contributed by atoms with Crippen molar-refractivity contribution < 1.29 is 14.3 Å². The van der Waals surface area contributed by atoms with Gasteiger partial charge in [-0.15, -0.1) is 0 Å². The highest BCUT2D eigenvalue weighted by molar-refractivity contribution is 5.22. The third-order valence-electron chi connectivity index (χ3n) is 5.46. The molecule has 0 bridgehead atoms. The standard InChI is InChI=1S/C19H31N2O2/c1-16-13-21(14-17(2)23-16)11-9-20(10-12-21)8-7-18-3-5-19(15-22)6-4-18/h3-6,16-17,22H,7-15H2,1-2H3/q+1. The van der Waals surface area contributed by atoms with Crippen LogP contribution in [0, 0.1) is 0 Å². The summed E-state index contributed by atoms with van der Waals surface area (Å²) >= 11 is 0. The Bertz CT molecular complexity index is 483. The number of ether oxygens (including phenoxy) is 1. The van der Waals surface area contributed by atoms with Gasteiger partial charge < -0.3 is 14.3 Å². The minimum absolute atomic E-state index is 0.132. The number of rotatable bonds is 4. The summed E-state index contributed by atoms with van der Waals surface area (Å²) < 4.78 is 7.17. The van der Waals surface area contributed by atoms with E-state index in [9.17, 15) is 0 Å². The number of morpholine rings is 1.